The van der Waals surface area contributed by atoms with Crippen LogP contribution in [0.5, 0.6) is 0 Å². The van der Waals surface area contributed by atoms with E-state index in [0.29, 0.717) is 0 Å². The minimum Gasteiger partial charge on any atom is -0.345 e. The van der Waals surface area contributed by atoms with Gasteiger partial charge in [-0.1, -0.05) is 86.1 Å². The van der Waals surface area contributed by atoms with Gasteiger partial charge in [0.05, 0.1) is 0 Å². The van der Waals surface area contributed by atoms with Crippen LogP contribution in [0, 0.1) is 6.92 Å². The van der Waals surface area contributed by atoms with Crippen LogP contribution >= 0.6 is 0 Å². The zero-order chi connectivity index (χ0) is 21.6. The van der Waals surface area contributed by atoms with Gasteiger partial charge in [0.25, 0.3) is 0 Å². The minimum absolute atomic E-state index is 1.13. The van der Waals surface area contributed by atoms with Gasteiger partial charge in [0.1, 0.15) is 0 Å². The van der Waals surface area contributed by atoms with Crippen LogP contribution in [0.3, 0.4) is 0 Å². The van der Waals surface area contributed by atoms with Crippen molar-refractivity contribution >= 4 is 11.4 Å². The number of hydrogen-bond donors (Lipinski definition) is 0. The van der Waals surface area contributed by atoms with E-state index in [4.69, 9.17) is 0 Å². The Bertz CT molecular complexity index is 1130. The molecule has 0 unspecified atom stereocenters. The fraction of sp³-hybridized carbons (Fsp3) is 0.200. The lowest BCUT2D eigenvalue weighted by Gasteiger charge is -2.22. The van der Waals surface area contributed by atoms with E-state index in [-0.39, 0.29) is 0 Å². The van der Waals surface area contributed by atoms with Gasteiger partial charge in [-0.2, -0.15) is 0 Å². The van der Waals surface area contributed by atoms with Gasteiger partial charge in [0.2, 0.25) is 0 Å². The molecule has 0 aliphatic heterocycles. The monoisotopic (exact) mass is 405 g/mol. The molecule has 0 bridgehead atoms. The van der Waals surface area contributed by atoms with Gasteiger partial charge in [-0.15, -0.1) is 0 Å². The summed E-state index contributed by atoms with van der Waals surface area (Å²) >= 11 is 0. The lowest BCUT2D eigenvalue weighted by molar-refractivity contribution is 0.796. The average molecular weight is 406 g/mol. The first-order valence-electron chi connectivity index (χ1n) is 11.3. The molecule has 31 heavy (non-hydrogen) atoms. The lowest BCUT2D eigenvalue weighted by atomic mass is 9.93. The van der Waals surface area contributed by atoms with Crippen LogP contribution in [0.15, 0.2) is 97.1 Å². The van der Waals surface area contributed by atoms with Gasteiger partial charge in [-0.3, -0.25) is 0 Å². The zero-order valence-corrected chi connectivity index (χ0v) is 18.8. The predicted molar refractivity (Wildman–Crippen MR) is 135 cm³/mol. The summed E-state index contributed by atoms with van der Waals surface area (Å²) in [5.41, 5.74) is 10.3. The highest BCUT2D eigenvalue weighted by Crippen LogP contribution is 2.34. The molecule has 0 fully saturated rings. The second-order valence-electron chi connectivity index (χ2n) is 8.23. The summed E-state index contributed by atoms with van der Waals surface area (Å²) in [5, 5.41) is 0. The summed E-state index contributed by atoms with van der Waals surface area (Å²) in [6.45, 7) is 4.47. The van der Waals surface area contributed by atoms with E-state index in [0.717, 1.165) is 6.42 Å². The quantitative estimate of drug-likeness (QED) is 0.298. The van der Waals surface area contributed by atoms with Crippen molar-refractivity contribution in [1.29, 1.82) is 0 Å². The molecule has 0 spiro atoms. The lowest BCUT2D eigenvalue weighted by Crippen LogP contribution is -2.09. The fourth-order valence-electron chi connectivity index (χ4n) is 4.13. The first kappa shape index (κ1) is 20.9. The van der Waals surface area contributed by atoms with Crippen LogP contribution < -0.4 is 4.90 Å². The number of rotatable bonds is 7. The molecule has 4 rings (SSSR count). The minimum atomic E-state index is 1.13. The second-order valence-corrected chi connectivity index (χ2v) is 8.23. The van der Waals surface area contributed by atoms with Crippen molar-refractivity contribution in [1.82, 2.24) is 0 Å². The maximum Gasteiger partial charge on any atom is 0.0414 e. The third-order valence-corrected chi connectivity index (χ3v) is 6.08. The second kappa shape index (κ2) is 9.66. The standard InChI is InChI=1S/C30H31N/c1-4-5-11-26-14-9-10-15-29(26)30-22-28(19-16-23(30)2)31(3)27-20-17-25(18-21-27)24-12-7-6-8-13-24/h6-10,12-22H,4-5,11H2,1-3H3. The summed E-state index contributed by atoms with van der Waals surface area (Å²) in [6.07, 6.45) is 3.58. The average Bonchev–Trinajstić information content (AvgIpc) is 2.83. The van der Waals surface area contributed by atoms with Crippen LogP contribution in [0.2, 0.25) is 0 Å². The molecule has 0 aliphatic rings. The van der Waals surface area contributed by atoms with Crippen LogP contribution in [-0.4, -0.2) is 7.05 Å². The van der Waals surface area contributed by atoms with Crippen LogP contribution in [0.1, 0.15) is 30.9 Å². The van der Waals surface area contributed by atoms with Crippen molar-refractivity contribution in [3.8, 4) is 22.3 Å². The Balaban J connectivity index is 1.64. The molecule has 156 valence electrons. The molecular weight excluding hydrogens is 374 g/mol. The van der Waals surface area contributed by atoms with Gasteiger partial charge in [-0.05, 0) is 77.4 Å². The molecule has 0 heterocycles. The Hall–Kier alpha value is -3.32. The molecule has 0 aromatic heterocycles. The van der Waals surface area contributed by atoms with Crippen molar-refractivity contribution in [2.75, 3.05) is 11.9 Å². The fourth-order valence-corrected chi connectivity index (χ4v) is 4.13. The molecule has 0 saturated carbocycles. The van der Waals surface area contributed by atoms with Gasteiger partial charge in [-0.25, -0.2) is 0 Å². The highest BCUT2D eigenvalue weighted by molar-refractivity contribution is 5.77. The number of hydrogen-bond acceptors (Lipinski definition) is 1. The molecular formula is C30H31N. The summed E-state index contributed by atoms with van der Waals surface area (Å²) < 4.78 is 0. The number of anilines is 2. The molecule has 1 heteroatoms. The van der Waals surface area contributed by atoms with Crippen molar-refractivity contribution in [3.63, 3.8) is 0 Å². The van der Waals surface area contributed by atoms with Crippen LogP contribution in [0.25, 0.3) is 22.3 Å². The third kappa shape index (κ3) is 4.72. The Morgan fingerprint density at radius 3 is 2.03 bits per heavy atom. The van der Waals surface area contributed by atoms with E-state index >= 15 is 0 Å². The molecule has 4 aromatic rings. The van der Waals surface area contributed by atoms with Crippen molar-refractivity contribution in [2.45, 2.75) is 33.1 Å². The van der Waals surface area contributed by atoms with E-state index in [9.17, 15) is 0 Å². The smallest absolute Gasteiger partial charge is 0.0414 e. The Kier molecular flexibility index (Phi) is 6.52. The number of aryl methyl sites for hydroxylation is 2. The van der Waals surface area contributed by atoms with Gasteiger partial charge < -0.3 is 4.90 Å². The highest BCUT2D eigenvalue weighted by Gasteiger charge is 2.11. The molecule has 0 aliphatic carbocycles. The number of nitrogens with zero attached hydrogens (tertiary/aromatic N) is 1. The van der Waals surface area contributed by atoms with Gasteiger partial charge >= 0.3 is 0 Å². The number of benzene rings is 4. The molecule has 0 radical (unpaired) electrons. The maximum atomic E-state index is 2.34. The Morgan fingerprint density at radius 2 is 1.29 bits per heavy atom. The third-order valence-electron chi connectivity index (χ3n) is 6.08. The topological polar surface area (TPSA) is 3.24 Å². The molecule has 4 aromatic carbocycles. The van der Waals surface area contributed by atoms with Crippen LogP contribution in [0.4, 0.5) is 11.4 Å². The SMILES string of the molecule is CCCCc1ccccc1-c1cc(N(C)c2ccc(-c3ccccc3)cc2)ccc1C. The summed E-state index contributed by atoms with van der Waals surface area (Å²) in [5.74, 6) is 0. The van der Waals surface area contributed by atoms with E-state index in [2.05, 4.69) is 123 Å². The predicted octanol–water partition coefficient (Wildman–Crippen LogP) is 8.44. The van der Waals surface area contributed by atoms with E-state index in [1.165, 1.54) is 57.6 Å². The summed E-state index contributed by atoms with van der Waals surface area (Å²) in [7, 11) is 2.15. The van der Waals surface area contributed by atoms with Gasteiger partial charge in [0.15, 0.2) is 0 Å². The van der Waals surface area contributed by atoms with Crippen LogP contribution in [-0.2, 0) is 6.42 Å². The normalized spacial score (nSPS) is 10.8. The maximum absolute atomic E-state index is 2.34. The van der Waals surface area contributed by atoms with E-state index < -0.39 is 0 Å². The molecule has 0 N–H and O–H groups in total. The zero-order valence-electron chi connectivity index (χ0n) is 18.8. The molecule has 0 saturated heterocycles. The van der Waals surface area contributed by atoms with Crippen molar-refractivity contribution in [3.05, 3.63) is 108 Å². The molecule has 1 nitrogen and oxygen atoms in total. The van der Waals surface area contributed by atoms with E-state index in [1.807, 2.05) is 0 Å². The van der Waals surface area contributed by atoms with Gasteiger partial charge in [0, 0.05) is 18.4 Å². The first-order chi connectivity index (χ1) is 15.2. The Morgan fingerprint density at radius 1 is 0.645 bits per heavy atom. The van der Waals surface area contributed by atoms with Crippen molar-refractivity contribution in [2.24, 2.45) is 0 Å². The summed E-state index contributed by atoms with van der Waals surface area (Å²) in [4.78, 5) is 2.27. The largest absolute Gasteiger partial charge is 0.345 e. The van der Waals surface area contributed by atoms with Crippen molar-refractivity contribution < 1.29 is 0 Å². The highest BCUT2D eigenvalue weighted by atomic mass is 15.1. The Labute approximate surface area is 187 Å². The number of unbranched alkanes of at least 4 members (excludes halogenated alkanes) is 1. The molecule has 0 atom stereocenters. The summed E-state index contributed by atoms with van der Waals surface area (Å²) in [6, 6.07) is 35.0. The first-order valence-corrected chi connectivity index (χ1v) is 11.3. The van der Waals surface area contributed by atoms with E-state index in [1.54, 1.807) is 0 Å². The molecule has 0 amide bonds.